The van der Waals surface area contributed by atoms with Crippen LogP contribution in [-0.2, 0) is 0 Å². The van der Waals surface area contributed by atoms with Gasteiger partial charge in [0.05, 0.1) is 17.4 Å². The number of hydrogen-bond donors (Lipinski definition) is 1. The smallest absolute Gasteiger partial charge is 0.339 e. The van der Waals surface area contributed by atoms with Crippen LogP contribution in [0.2, 0.25) is 0 Å². The van der Waals surface area contributed by atoms with Gasteiger partial charge in [-0.1, -0.05) is 6.92 Å². The molecule has 2 heterocycles. The minimum absolute atomic E-state index is 0.321. The first-order valence-electron chi connectivity index (χ1n) is 6.06. The van der Waals surface area contributed by atoms with Crippen LogP contribution in [0.25, 0.3) is 0 Å². The first kappa shape index (κ1) is 12.1. The van der Waals surface area contributed by atoms with Gasteiger partial charge >= 0.3 is 5.97 Å². The summed E-state index contributed by atoms with van der Waals surface area (Å²) < 4.78 is 1.90. The fourth-order valence-electron chi connectivity index (χ4n) is 2.63. The molecule has 1 atom stereocenters. The zero-order valence-electron chi connectivity index (χ0n) is 10.6. The number of aromatic nitrogens is 2. The molecule has 5 nitrogen and oxygen atoms in total. The molecule has 1 aromatic rings. The number of aryl methyl sites for hydroxylation is 1. The molecule has 1 aliphatic rings. The van der Waals surface area contributed by atoms with Gasteiger partial charge in [0.2, 0.25) is 0 Å². The summed E-state index contributed by atoms with van der Waals surface area (Å²) >= 11 is 0. The lowest BCUT2D eigenvalue weighted by Gasteiger charge is -2.14. The van der Waals surface area contributed by atoms with Crippen LogP contribution >= 0.6 is 0 Å². The standard InChI is InChI=1S/C12H19N3O2/c1-4-14-6-5-10(7-14)15-9(3)11(12(16)17)8(2)13-15/h10H,4-7H2,1-3H3,(H,16,17). The van der Waals surface area contributed by atoms with Gasteiger partial charge < -0.3 is 10.0 Å². The van der Waals surface area contributed by atoms with Gasteiger partial charge in [0.15, 0.2) is 0 Å². The Hall–Kier alpha value is -1.36. The van der Waals surface area contributed by atoms with Gasteiger partial charge in [0.1, 0.15) is 5.56 Å². The molecule has 1 aromatic heterocycles. The third-order valence-corrected chi connectivity index (χ3v) is 3.58. The average molecular weight is 237 g/mol. The molecule has 94 valence electrons. The van der Waals surface area contributed by atoms with Gasteiger partial charge in [-0.25, -0.2) is 4.79 Å². The van der Waals surface area contributed by atoms with Crippen molar-refractivity contribution < 1.29 is 9.90 Å². The number of nitrogens with zero attached hydrogens (tertiary/aromatic N) is 3. The van der Waals surface area contributed by atoms with Crippen LogP contribution in [0.15, 0.2) is 0 Å². The maximum absolute atomic E-state index is 11.1. The minimum Gasteiger partial charge on any atom is -0.478 e. The van der Waals surface area contributed by atoms with E-state index in [-0.39, 0.29) is 0 Å². The van der Waals surface area contributed by atoms with Crippen molar-refractivity contribution in [2.75, 3.05) is 19.6 Å². The van der Waals surface area contributed by atoms with Crippen LogP contribution in [-0.4, -0.2) is 45.4 Å². The summed E-state index contributed by atoms with van der Waals surface area (Å²) in [5, 5.41) is 13.5. The van der Waals surface area contributed by atoms with Crippen LogP contribution in [0.1, 0.15) is 41.1 Å². The second kappa shape index (κ2) is 4.49. The first-order valence-corrected chi connectivity index (χ1v) is 6.06. The monoisotopic (exact) mass is 237 g/mol. The minimum atomic E-state index is -0.878. The molecular weight excluding hydrogens is 218 g/mol. The summed E-state index contributed by atoms with van der Waals surface area (Å²) in [6.07, 6.45) is 1.05. The average Bonchev–Trinajstić information content (AvgIpc) is 2.82. The summed E-state index contributed by atoms with van der Waals surface area (Å²) in [4.78, 5) is 13.5. The molecule has 1 fully saturated rings. The Kier molecular flexibility index (Phi) is 3.19. The molecule has 0 radical (unpaired) electrons. The molecule has 0 aromatic carbocycles. The molecule has 1 N–H and O–H groups in total. The Labute approximate surface area is 101 Å². The maximum atomic E-state index is 11.1. The lowest BCUT2D eigenvalue weighted by atomic mass is 10.2. The van der Waals surface area contributed by atoms with Gasteiger partial charge in [0.25, 0.3) is 0 Å². The van der Waals surface area contributed by atoms with E-state index >= 15 is 0 Å². The van der Waals surface area contributed by atoms with Gasteiger partial charge in [-0.05, 0) is 26.8 Å². The normalized spacial score (nSPS) is 21.0. The molecule has 1 aliphatic heterocycles. The van der Waals surface area contributed by atoms with Crippen molar-refractivity contribution in [3.63, 3.8) is 0 Å². The van der Waals surface area contributed by atoms with Gasteiger partial charge in [-0.3, -0.25) is 4.68 Å². The van der Waals surface area contributed by atoms with E-state index in [1.54, 1.807) is 6.92 Å². The van der Waals surface area contributed by atoms with E-state index < -0.39 is 5.97 Å². The van der Waals surface area contributed by atoms with E-state index in [0.29, 0.717) is 17.3 Å². The zero-order valence-corrected chi connectivity index (χ0v) is 10.6. The van der Waals surface area contributed by atoms with Gasteiger partial charge in [-0.2, -0.15) is 5.10 Å². The number of carboxylic acids is 1. The molecule has 5 heteroatoms. The maximum Gasteiger partial charge on any atom is 0.339 e. The lowest BCUT2D eigenvalue weighted by Crippen LogP contribution is -2.22. The van der Waals surface area contributed by atoms with Crippen LogP contribution in [0.5, 0.6) is 0 Å². The van der Waals surface area contributed by atoms with Crippen LogP contribution in [0, 0.1) is 13.8 Å². The molecule has 0 amide bonds. The van der Waals surface area contributed by atoms with E-state index in [4.69, 9.17) is 5.11 Å². The summed E-state index contributed by atoms with van der Waals surface area (Å²) in [7, 11) is 0. The second-order valence-corrected chi connectivity index (χ2v) is 4.63. The Morgan fingerprint density at radius 3 is 2.71 bits per heavy atom. The van der Waals surface area contributed by atoms with Gasteiger partial charge in [0, 0.05) is 13.1 Å². The molecule has 1 unspecified atom stereocenters. The number of rotatable bonds is 3. The molecule has 0 bridgehead atoms. The number of carboxylic acid groups (broad SMARTS) is 1. The SMILES string of the molecule is CCN1CCC(n2nc(C)c(C(=O)O)c2C)C1. The van der Waals surface area contributed by atoms with E-state index in [2.05, 4.69) is 16.9 Å². The highest BCUT2D eigenvalue weighted by atomic mass is 16.4. The van der Waals surface area contributed by atoms with Crippen LogP contribution in [0.3, 0.4) is 0 Å². The summed E-state index contributed by atoms with van der Waals surface area (Å²) in [6, 6.07) is 0.321. The lowest BCUT2D eigenvalue weighted by molar-refractivity contribution is 0.0695. The molecule has 0 aliphatic carbocycles. The number of likely N-dealkylation sites (tertiary alicyclic amines) is 1. The topological polar surface area (TPSA) is 58.4 Å². The summed E-state index contributed by atoms with van der Waals surface area (Å²) in [5.74, 6) is -0.878. The molecule has 1 saturated heterocycles. The molecule has 2 rings (SSSR count). The fraction of sp³-hybridized carbons (Fsp3) is 0.667. The Morgan fingerprint density at radius 1 is 1.53 bits per heavy atom. The van der Waals surface area contributed by atoms with Crippen molar-refractivity contribution in [2.45, 2.75) is 33.2 Å². The van der Waals surface area contributed by atoms with E-state index in [9.17, 15) is 4.79 Å². The molecule has 0 saturated carbocycles. The van der Waals surface area contributed by atoms with Crippen molar-refractivity contribution in [2.24, 2.45) is 0 Å². The fourth-order valence-corrected chi connectivity index (χ4v) is 2.63. The molecular formula is C12H19N3O2. The Balaban J connectivity index is 2.28. The predicted octanol–water partition coefficient (Wildman–Crippen LogP) is 1.46. The molecule has 17 heavy (non-hydrogen) atoms. The van der Waals surface area contributed by atoms with E-state index in [1.165, 1.54) is 0 Å². The Morgan fingerprint density at radius 2 is 2.24 bits per heavy atom. The van der Waals surface area contributed by atoms with Crippen LogP contribution < -0.4 is 0 Å². The number of likely N-dealkylation sites (N-methyl/N-ethyl adjacent to an activating group) is 1. The molecule has 0 spiro atoms. The van der Waals surface area contributed by atoms with Gasteiger partial charge in [-0.15, -0.1) is 0 Å². The van der Waals surface area contributed by atoms with E-state index in [1.807, 2.05) is 11.6 Å². The second-order valence-electron chi connectivity index (χ2n) is 4.63. The van der Waals surface area contributed by atoms with Crippen molar-refractivity contribution in [3.05, 3.63) is 17.0 Å². The van der Waals surface area contributed by atoms with Crippen LogP contribution in [0.4, 0.5) is 0 Å². The number of hydrogen-bond acceptors (Lipinski definition) is 3. The zero-order chi connectivity index (χ0) is 12.6. The third-order valence-electron chi connectivity index (χ3n) is 3.58. The summed E-state index contributed by atoms with van der Waals surface area (Å²) in [5.41, 5.74) is 1.75. The van der Waals surface area contributed by atoms with Crippen molar-refractivity contribution in [1.82, 2.24) is 14.7 Å². The number of aromatic carboxylic acids is 1. The predicted molar refractivity (Wildman–Crippen MR) is 64.4 cm³/mol. The highest BCUT2D eigenvalue weighted by molar-refractivity contribution is 5.90. The van der Waals surface area contributed by atoms with Crippen molar-refractivity contribution in [1.29, 1.82) is 0 Å². The van der Waals surface area contributed by atoms with E-state index in [0.717, 1.165) is 31.7 Å². The Bertz CT molecular complexity index is 439. The van der Waals surface area contributed by atoms with Crippen molar-refractivity contribution >= 4 is 5.97 Å². The number of carbonyl (C=O) groups is 1. The third kappa shape index (κ3) is 2.07. The largest absolute Gasteiger partial charge is 0.478 e. The first-order chi connectivity index (χ1) is 8.04. The summed E-state index contributed by atoms with van der Waals surface area (Å²) in [6.45, 7) is 8.84. The van der Waals surface area contributed by atoms with Crippen molar-refractivity contribution in [3.8, 4) is 0 Å². The quantitative estimate of drug-likeness (QED) is 0.864. The highest BCUT2D eigenvalue weighted by Gasteiger charge is 2.27. The highest BCUT2D eigenvalue weighted by Crippen LogP contribution is 2.24.